The maximum atomic E-state index is 5.67. The molecule has 3 heterocycles. The number of nitrogens with one attached hydrogen (secondary N) is 2. The van der Waals surface area contributed by atoms with Gasteiger partial charge in [-0.2, -0.15) is 5.10 Å². The van der Waals surface area contributed by atoms with Crippen LogP contribution in [0.1, 0.15) is 36.8 Å². The SMILES string of the molecule is CN=C(NCc1ccccc1Cn1cccn1)NCC1(N2CCCC2)CCOCC1.I. The van der Waals surface area contributed by atoms with Gasteiger partial charge in [0.25, 0.3) is 0 Å². The van der Waals surface area contributed by atoms with Crippen molar-refractivity contribution < 1.29 is 4.74 Å². The Bertz CT molecular complexity index is 813. The first kappa shape index (κ1) is 24.0. The summed E-state index contributed by atoms with van der Waals surface area (Å²) < 4.78 is 7.63. The number of aromatic nitrogens is 2. The quantitative estimate of drug-likeness (QED) is 0.323. The first-order valence-corrected chi connectivity index (χ1v) is 11.1. The summed E-state index contributed by atoms with van der Waals surface area (Å²) >= 11 is 0. The average Bonchev–Trinajstić information content (AvgIpc) is 3.50. The third-order valence-corrected chi connectivity index (χ3v) is 6.47. The first-order chi connectivity index (χ1) is 14.8. The highest BCUT2D eigenvalue weighted by Crippen LogP contribution is 2.30. The molecule has 0 radical (unpaired) electrons. The third-order valence-electron chi connectivity index (χ3n) is 6.47. The van der Waals surface area contributed by atoms with E-state index >= 15 is 0 Å². The van der Waals surface area contributed by atoms with Crippen molar-refractivity contribution in [1.82, 2.24) is 25.3 Å². The normalized spacial score (nSPS) is 19.1. The summed E-state index contributed by atoms with van der Waals surface area (Å²) in [4.78, 5) is 7.15. The minimum Gasteiger partial charge on any atom is -0.381 e. The molecular formula is C23H35IN6O. The lowest BCUT2D eigenvalue weighted by molar-refractivity contribution is -0.0164. The second-order valence-electron chi connectivity index (χ2n) is 8.28. The average molecular weight is 538 g/mol. The Kier molecular flexibility index (Phi) is 9.15. The number of hydrogen-bond donors (Lipinski definition) is 2. The minimum absolute atomic E-state index is 0. The van der Waals surface area contributed by atoms with E-state index < -0.39 is 0 Å². The molecule has 2 aliphatic heterocycles. The molecule has 1 aromatic heterocycles. The summed E-state index contributed by atoms with van der Waals surface area (Å²) in [7, 11) is 1.84. The fourth-order valence-electron chi connectivity index (χ4n) is 4.65. The van der Waals surface area contributed by atoms with Crippen LogP contribution in [0.15, 0.2) is 47.7 Å². The van der Waals surface area contributed by atoms with E-state index in [1.165, 1.54) is 37.1 Å². The molecule has 2 aromatic rings. The number of halogens is 1. The molecule has 0 atom stereocenters. The molecule has 0 bridgehead atoms. The van der Waals surface area contributed by atoms with Crippen LogP contribution in [0.25, 0.3) is 0 Å². The fraction of sp³-hybridized carbons (Fsp3) is 0.565. The molecule has 4 rings (SSSR count). The van der Waals surface area contributed by atoms with Gasteiger partial charge in [0.05, 0.1) is 6.54 Å². The van der Waals surface area contributed by atoms with Crippen molar-refractivity contribution in [3.05, 3.63) is 53.9 Å². The summed E-state index contributed by atoms with van der Waals surface area (Å²) in [6.07, 6.45) is 8.61. The maximum Gasteiger partial charge on any atom is 0.191 e. The summed E-state index contributed by atoms with van der Waals surface area (Å²) in [5.74, 6) is 0.856. The van der Waals surface area contributed by atoms with Crippen LogP contribution < -0.4 is 10.6 Å². The van der Waals surface area contributed by atoms with E-state index in [1.807, 2.05) is 30.2 Å². The zero-order valence-corrected chi connectivity index (χ0v) is 20.8. The number of guanidine groups is 1. The van der Waals surface area contributed by atoms with E-state index in [9.17, 15) is 0 Å². The Balaban J connectivity index is 0.00000272. The first-order valence-electron chi connectivity index (χ1n) is 11.1. The molecule has 7 nitrogen and oxygen atoms in total. The predicted molar refractivity (Wildman–Crippen MR) is 135 cm³/mol. The molecule has 170 valence electrons. The van der Waals surface area contributed by atoms with Gasteiger partial charge in [-0.05, 0) is 56.0 Å². The van der Waals surface area contributed by atoms with Gasteiger partial charge in [0.1, 0.15) is 0 Å². The highest BCUT2D eigenvalue weighted by Gasteiger charge is 2.39. The van der Waals surface area contributed by atoms with Crippen LogP contribution >= 0.6 is 24.0 Å². The van der Waals surface area contributed by atoms with E-state index in [0.29, 0.717) is 0 Å². The van der Waals surface area contributed by atoms with Crippen LogP contribution in [0, 0.1) is 0 Å². The van der Waals surface area contributed by atoms with Crippen LogP contribution in [0.4, 0.5) is 0 Å². The Morgan fingerprint density at radius 3 is 2.52 bits per heavy atom. The zero-order chi connectivity index (χ0) is 20.7. The second-order valence-corrected chi connectivity index (χ2v) is 8.28. The molecule has 2 saturated heterocycles. The second kappa shape index (κ2) is 11.8. The van der Waals surface area contributed by atoms with Crippen LogP contribution in [0.3, 0.4) is 0 Å². The molecule has 1 aromatic carbocycles. The van der Waals surface area contributed by atoms with Gasteiger partial charge in [-0.25, -0.2) is 0 Å². The number of ether oxygens (including phenoxy) is 1. The van der Waals surface area contributed by atoms with Crippen LogP contribution in [-0.4, -0.2) is 66.1 Å². The van der Waals surface area contributed by atoms with Crippen molar-refractivity contribution in [1.29, 1.82) is 0 Å². The van der Waals surface area contributed by atoms with Gasteiger partial charge < -0.3 is 15.4 Å². The lowest BCUT2D eigenvalue weighted by Gasteiger charge is -2.45. The standard InChI is InChI=1S/C23H34N6O.HI/c1-24-22(26-19-23(9-15-30-16-10-23)28-12-4-5-13-28)25-17-20-7-2-3-8-21(20)18-29-14-6-11-27-29;/h2-3,6-8,11,14H,4-5,9-10,12-13,15-19H2,1H3,(H2,24,25,26);1H. The molecule has 0 aliphatic carbocycles. The molecule has 31 heavy (non-hydrogen) atoms. The van der Waals surface area contributed by atoms with E-state index in [1.54, 1.807) is 0 Å². The third kappa shape index (κ3) is 6.20. The van der Waals surface area contributed by atoms with E-state index in [2.05, 4.69) is 49.9 Å². The van der Waals surface area contributed by atoms with Crippen molar-refractivity contribution in [2.45, 2.75) is 44.3 Å². The smallest absolute Gasteiger partial charge is 0.191 e. The van der Waals surface area contributed by atoms with E-state index in [-0.39, 0.29) is 29.5 Å². The molecule has 2 fully saturated rings. The van der Waals surface area contributed by atoms with Crippen molar-refractivity contribution >= 4 is 29.9 Å². The van der Waals surface area contributed by atoms with Crippen molar-refractivity contribution in [2.75, 3.05) is 39.9 Å². The zero-order valence-electron chi connectivity index (χ0n) is 18.4. The summed E-state index contributed by atoms with van der Waals surface area (Å²) in [6, 6.07) is 10.5. The Labute approximate surface area is 202 Å². The van der Waals surface area contributed by atoms with Gasteiger partial charge >= 0.3 is 0 Å². The molecular weight excluding hydrogens is 503 g/mol. The van der Waals surface area contributed by atoms with Gasteiger partial charge in [0, 0.05) is 51.3 Å². The monoisotopic (exact) mass is 538 g/mol. The van der Waals surface area contributed by atoms with Crippen molar-refractivity contribution in [3.8, 4) is 0 Å². The number of rotatable bonds is 7. The minimum atomic E-state index is 0. The van der Waals surface area contributed by atoms with Crippen LogP contribution in [0.2, 0.25) is 0 Å². The van der Waals surface area contributed by atoms with Crippen LogP contribution in [0.5, 0.6) is 0 Å². The molecule has 0 spiro atoms. The van der Waals surface area contributed by atoms with Crippen LogP contribution in [-0.2, 0) is 17.8 Å². The molecule has 2 N–H and O–H groups in total. The topological polar surface area (TPSA) is 66.7 Å². The van der Waals surface area contributed by atoms with Crippen molar-refractivity contribution in [2.24, 2.45) is 4.99 Å². The van der Waals surface area contributed by atoms with Gasteiger partial charge in [-0.3, -0.25) is 14.6 Å². The van der Waals surface area contributed by atoms with Crippen molar-refractivity contribution in [3.63, 3.8) is 0 Å². The maximum absolute atomic E-state index is 5.67. The summed E-state index contributed by atoms with van der Waals surface area (Å²) in [5, 5.41) is 11.5. The number of nitrogens with zero attached hydrogens (tertiary/aromatic N) is 4. The molecule has 8 heteroatoms. The highest BCUT2D eigenvalue weighted by atomic mass is 127. The number of aliphatic imine (C=N–C) groups is 1. The molecule has 0 unspecified atom stereocenters. The lowest BCUT2D eigenvalue weighted by atomic mass is 9.88. The lowest BCUT2D eigenvalue weighted by Crippen LogP contribution is -2.58. The largest absolute Gasteiger partial charge is 0.381 e. The summed E-state index contributed by atoms with van der Waals surface area (Å²) in [5.41, 5.74) is 2.71. The number of hydrogen-bond acceptors (Lipinski definition) is 4. The van der Waals surface area contributed by atoms with Gasteiger partial charge in [-0.15, -0.1) is 24.0 Å². The highest BCUT2D eigenvalue weighted by molar-refractivity contribution is 14.0. The van der Waals surface area contributed by atoms with Gasteiger partial charge in [0.2, 0.25) is 0 Å². The van der Waals surface area contributed by atoms with Gasteiger partial charge in [0.15, 0.2) is 5.96 Å². The number of likely N-dealkylation sites (tertiary alicyclic amines) is 1. The predicted octanol–water partition coefficient (Wildman–Crippen LogP) is 2.86. The van der Waals surface area contributed by atoms with Gasteiger partial charge in [-0.1, -0.05) is 24.3 Å². The molecule has 2 aliphatic rings. The van der Waals surface area contributed by atoms with E-state index in [4.69, 9.17) is 4.74 Å². The Morgan fingerprint density at radius 2 is 1.84 bits per heavy atom. The Hall–Kier alpha value is -1.65. The number of benzene rings is 1. The Morgan fingerprint density at radius 1 is 1.10 bits per heavy atom. The molecule has 0 saturated carbocycles. The molecule has 0 amide bonds. The summed E-state index contributed by atoms with van der Waals surface area (Å²) in [6.45, 7) is 6.52. The van der Waals surface area contributed by atoms with E-state index in [0.717, 1.165) is 51.6 Å². The fourth-order valence-corrected chi connectivity index (χ4v) is 4.65.